The van der Waals surface area contributed by atoms with Crippen LogP contribution in [0.15, 0.2) is 24.3 Å². The summed E-state index contributed by atoms with van der Waals surface area (Å²) in [6.45, 7) is 1.26. The highest BCUT2D eigenvalue weighted by molar-refractivity contribution is 5.38. The molecule has 3 rings (SSSR count). The highest BCUT2D eigenvalue weighted by atomic mass is 19.4. The highest BCUT2D eigenvalue weighted by Gasteiger charge is 2.46. The van der Waals surface area contributed by atoms with Gasteiger partial charge in [-0.15, -0.1) is 5.10 Å². The lowest BCUT2D eigenvalue weighted by Crippen LogP contribution is -2.60. The van der Waals surface area contributed by atoms with Gasteiger partial charge in [-0.05, 0) is 17.5 Å². The van der Waals surface area contributed by atoms with Crippen LogP contribution in [0.2, 0.25) is 0 Å². The zero-order valence-corrected chi connectivity index (χ0v) is 16.0. The minimum absolute atomic E-state index is 0.165. The Balaban J connectivity index is 1.89. The third-order valence-corrected chi connectivity index (χ3v) is 5.00. The van der Waals surface area contributed by atoms with Crippen LogP contribution in [0, 0.1) is 0 Å². The number of aliphatic hydroxyl groups excluding tert-OH is 4. The Bertz CT molecular complexity index is 840. The Kier molecular flexibility index (Phi) is 6.68. The maximum absolute atomic E-state index is 13.5. The van der Waals surface area contributed by atoms with Crippen LogP contribution in [0.1, 0.15) is 29.3 Å². The van der Waals surface area contributed by atoms with Crippen molar-refractivity contribution in [2.45, 2.75) is 56.6 Å². The summed E-state index contributed by atoms with van der Waals surface area (Å²) in [5, 5.41) is 44.5. The number of nitrogens with one attached hydrogen (secondary N) is 1. The molecule has 0 bridgehead atoms. The first kappa shape index (κ1) is 22.5. The first-order valence-corrected chi connectivity index (χ1v) is 9.35. The lowest BCUT2D eigenvalue weighted by molar-refractivity contribution is -0.278. The molecule has 1 saturated heterocycles. The molecule has 0 radical (unpaired) electrons. The summed E-state index contributed by atoms with van der Waals surface area (Å²) >= 11 is 0. The largest absolute Gasteiger partial charge is 0.443 e. The first-order chi connectivity index (χ1) is 14.2. The van der Waals surface area contributed by atoms with Crippen molar-refractivity contribution in [3.8, 4) is 5.88 Å². The van der Waals surface area contributed by atoms with Crippen LogP contribution >= 0.6 is 0 Å². The van der Waals surface area contributed by atoms with E-state index in [-0.39, 0.29) is 12.0 Å². The number of hydrogen-bond acceptors (Lipinski definition) is 7. The number of aromatic amines is 1. The van der Waals surface area contributed by atoms with Gasteiger partial charge < -0.3 is 29.9 Å². The van der Waals surface area contributed by atoms with Crippen molar-refractivity contribution in [2.75, 3.05) is 6.61 Å². The molecule has 0 aliphatic carbocycles. The maximum Gasteiger partial charge on any atom is 0.433 e. The van der Waals surface area contributed by atoms with E-state index >= 15 is 0 Å². The van der Waals surface area contributed by atoms with E-state index in [1.165, 1.54) is 0 Å². The van der Waals surface area contributed by atoms with Crippen molar-refractivity contribution in [1.82, 2.24) is 10.2 Å². The predicted molar refractivity (Wildman–Crippen MR) is 96.6 cm³/mol. The number of benzene rings is 1. The van der Waals surface area contributed by atoms with E-state index in [2.05, 4.69) is 5.10 Å². The topological polar surface area (TPSA) is 128 Å². The van der Waals surface area contributed by atoms with E-state index in [1.807, 2.05) is 12.0 Å². The summed E-state index contributed by atoms with van der Waals surface area (Å²) in [5.74, 6) is -0.466. The lowest BCUT2D eigenvalue weighted by Gasteiger charge is -2.39. The second-order valence-corrected chi connectivity index (χ2v) is 7.04. The molecule has 5 atom stereocenters. The van der Waals surface area contributed by atoms with Gasteiger partial charge in [-0.25, -0.2) is 0 Å². The van der Waals surface area contributed by atoms with Crippen molar-refractivity contribution < 1.29 is 43.1 Å². The Morgan fingerprint density at radius 3 is 2.27 bits per heavy atom. The fraction of sp³-hybridized carbons (Fsp3) is 0.526. The lowest BCUT2D eigenvalue weighted by atomic mass is 9.99. The molecule has 0 saturated carbocycles. The van der Waals surface area contributed by atoms with Gasteiger partial charge in [0.05, 0.1) is 12.2 Å². The van der Waals surface area contributed by atoms with Crippen molar-refractivity contribution >= 4 is 0 Å². The minimum atomic E-state index is -4.73. The molecule has 2 aromatic rings. The van der Waals surface area contributed by atoms with Crippen LogP contribution in [0.4, 0.5) is 13.2 Å². The molecule has 1 aromatic heterocycles. The number of aromatic nitrogens is 2. The van der Waals surface area contributed by atoms with Gasteiger partial charge in [0.1, 0.15) is 30.1 Å². The molecule has 2 heterocycles. The molecule has 1 aliphatic heterocycles. The van der Waals surface area contributed by atoms with E-state index in [0.717, 1.165) is 12.0 Å². The average Bonchev–Trinajstić information content (AvgIpc) is 3.11. The van der Waals surface area contributed by atoms with Crippen LogP contribution in [0.3, 0.4) is 0 Å². The fourth-order valence-corrected chi connectivity index (χ4v) is 3.22. The Labute approximate surface area is 169 Å². The number of rotatable bonds is 6. The third kappa shape index (κ3) is 4.60. The molecule has 5 N–H and O–H groups in total. The van der Waals surface area contributed by atoms with Crippen molar-refractivity contribution in [3.63, 3.8) is 0 Å². The van der Waals surface area contributed by atoms with Gasteiger partial charge in [0.15, 0.2) is 0 Å². The smallest absolute Gasteiger partial charge is 0.433 e. The SMILES string of the molecule is CCc1ccc(Cc2c(OC3O[C@H](CO)[C@@H](O)[C@H](O)[C@H]3O)n[nH]c2C(F)(F)F)cc1. The summed E-state index contributed by atoms with van der Waals surface area (Å²) < 4.78 is 50.9. The van der Waals surface area contributed by atoms with Crippen LogP contribution in [0.5, 0.6) is 5.88 Å². The molecule has 30 heavy (non-hydrogen) atoms. The summed E-state index contributed by atoms with van der Waals surface area (Å²) in [7, 11) is 0. The maximum atomic E-state index is 13.5. The predicted octanol–water partition coefficient (Wildman–Crippen LogP) is 0.760. The van der Waals surface area contributed by atoms with Gasteiger partial charge >= 0.3 is 6.18 Å². The summed E-state index contributed by atoms with van der Waals surface area (Å²) in [5.41, 5.74) is 0.197. The molecule has 8 nitrogen and oxygen atoms in total. The second-order valence-electron chi connectivity index (χ2n) is 7.04. The zero-order valence-electron chi connectivity index (χ0n) is 16.0. The third-order valence-electron chi connectivity index (χ3n) is 5.00. The molecule has 1 unspecified atom stereocenters. The van der Waals surface area contributed by atoms with Crippen LogP contribution in [-0.2, 0) is 23.8 Å². The highest BCUT2D eigenvalue weighted by Crippen LogP contribution is 2.36. The Hall–Kier alpha value is -2.18. The number of ether oxygens (including phenoxy) is 2. The van der Waals surface area contributed by atoms with Crippen LogP contribution < -0.4 is 4.74 Å². The fourth-order valence-electron chi connectivity index (χ4n) is 3.22. The number of hydrogen-bond donors (Lipinski definition) is 5. The van der Waals surface area contributed by atoms with Gasteiger partial charge in [-0.1, -0.05) is 31.2 Å². The number of aryl methyl sites for hydroxylation is 1. The van der Waals surface area contributed by atoms with Crippen LogP contribution in [0.25, 0.3) is 0 Å². The Morgan fingerprint density at radius 2 is 1.70 bits per heavy atom. The van der Waals surface area contributed by atoms with E-state index in [9.17, 15) is 33.6 Å². The monoisotopic (exact) mass is 432 g/mol. The average molecular weight is 432 g/mol. The van der Waals surface area contributed by atoms with Gasteiger partial charge in [0, 0.05) is 6.42 Å². The van der Waals surface area contributed by atoms with E-state index in [0.29, 0.717) is 5.56 Å². The molecule has 166 valence electrons. The summed E-state index contributed by atoms with van der Waals surface area (Å²) in [4.78, 5) is 0. The number of aliphatic hydroxyl groups is 4. The van der Waals surface area contributed by atoms with E-state index < -0.39 is 55.1 Å². The minimum Gasteiger partial charge on any atom is -0.443 e. The summed E-state index contributed by atoms with van der Waals surface area (Å²) in [6, 6.07) is 7.01. The van der Waals surface area contributed by atoms with Crippen molar-refractivity contribution in [3.05, 3.63) is 46.6 Å². The van der Waals surface area contributed by atoms with Gasteiger partial charge in [-0.3, -0.25) is 5.10 Å². The molecule has 0 amide bonds. The molecule has 1 aromatic carbocycles. The molecule has 0 spiro atoms. The van der Waals surface area contributed by atoms with Gasteiger partial charge in [0.25, 0.3) is 0 Å². The number of alkyl halides is 3. The van der Waals surface area contributed by atoms with E-state index in [1.54, 1.807) is 24.3 Å². The molecular weight excluding hydrogens is 409 g/mol. The normalized spacial score (nSPS) is 27.3. The Morgan fingerprint density at radius 1 is 1.07 bits per heavy atom. The molecular formula is C19H23F3N2O6. The molecule has 11 heteroatoms. The number of halogens is 3. The zero-order chi connectivity index (χ0) is 22.1. The quantitative estimate of drug-likeness (QED) is 0.456. The van der Waals surface area contributed by atoms with E-state index in [4.69, 9.17) is 9.47 Å². The number of nitrogens with zero attached hydrogens (tertiary/aromatic N) is 1. The van der Waals surface area contributed by atoms with Gasteiger partial charge in [-0.2, -0.15) is 13.2 Å². The first-order valence-electron chi connectivity index (χ1n) is 9.35. The van der Waals surface area contributed by atoms with Crippen molar-refractivity contribution in [2.24, 2.45) is 0 Å². The molecule has 1 fully saturated rings. The second kappa shape index (κ2) is 8.90. The standard InChI is InChI=1S/C19H23F3N2O6/c1-2-9-3-5-10(6-4-9)7-11-16(19(20,21)22)23-24-17(11)30-18-15(28)14(27)13(26)12(8-25)29-18/h3-6,12-15,18,25-28H,2,7-8H2,1H3,(H,23,24)/t12-,13-,14+,15-,18?/m1/s1. The number of H-pyrrole nitrogens is 1. The van der Waals surface area contributed by atoms with Crippen molar-refractivity contribution in [1.29, 1.82) is 0 Å². The molecule has 1 aliphatic rings. The summed E-state index contributed by atoms with van der Waals surface area (Å²) in [6.07, 6.45) is -12.1. The van der Waals surface area contributed by atoms with Crippen LogP contribution in [-0.4, -0.2) is 67.9 Å². The van der Waals surface area contributed by atoms with Gasteiger partial charge in [0.2, 0.25) is 12.2 Å².